The molecule has 1 aliphatic rings. The van der Waals surface area contributed by atoms with E-state index in [2.05, 4.69) is 9.47 Å². The van der Waals surface area contributed by atoms with E-state index in [-0.39, 0.29) is 0 Å². The SMILES string of the molecule is O=[N+]([O-])c1ccc2c(c1)OC(F)(F)C(F)(F)O2. The van der Waals surface area contributed by atoms with Crippen LogP contribution in [-0.4, -0.2) is 17.1 Å². The fraction of sp³-hybridized carbons (Fsp3) is 0.250. The summed E-state index contributed by atoms with van der Waals surface area (Å²) in [5.74, 6) is -1.50. The zero-order valence-electron chi connectivity index (χ0n) is 7.82. The monoisotopic (exact) mass is 253 g/mol. The van der Waals surface area contributed by atoms with Gasteiger partial charge in [0, 0.05) is 6.07 Å². The summed E-state index contributed by atoms with van der Waals surface area (Å²) in [7, 11) is 0. The van der Waals surface area contributed by atoms with E-state index in [1.54, 1.807) is 0 Å². The number of halogens is 4. The molecule has 92 valence electrons. The molecular weight excluding hydrogens is 250 g/mol. The average molecular weight is 253 g/mol. The highest BCUT2D eigenvalue weighted by molar-refractivity contribution is 5.49. The summed E-state index contributed by atoms with van der Waals surface area (Å²) in [6.07, 6.45) is -9.70. The molecule has 0 saturated carbocycles. The van der Waals surface area contributed by atoms with Crippen LogP contribution < -0.4 is 9.47 Å². The van der Waals surface area contributed by atoms with Crippen molar-refractivity contribution in [2.45, 2.75) is 12.2 Å². The minimum Gasteiger partial charge on any atom is -0.421 e. The Morgan fingerprint density at radius 3 is 2.12 bits per heavy atom. The third kappa shape index (κ3) is 1.73. The summed E-state index contributed by atoms with van der Waals surface area (Å²) in [5.41, 5.74) is -0.576. The van der Waals surface area contributed by atoms with Crippen molar-refractivity contribution in [1.82, 2.24) is 0 Å². The Kier molecular flexibility index (Phi) is 2.16. The predicted octanol–water partition coefficient (Wildman–Crippen LogP) is 2.55. The highest BCUT2D eigenvalue weighted by Gasteiger charge is 2.66. The third-order valence-corrected chi connectivity index (χ3v) is 1.95. The molecule has 0 fully saturated rings. The first-order valence-corrected chi connectivity index (χ1v) is 4.15. The highest BCUT2D eigenvalue weighted by Crippen LogP contribution is 2.47. The van der Waals surface area contributed by atoms with Crippen LogP contribution in [0.3, 0.4) is 0 Å². The molecule has 0 N–H and O–H groups in total. The molecule has 1 aliphatic heterocycles. The van der Waals surface area contributed by atoms with Crippen molar-refractivity contribution in [3.8, 4) is 11.5 Å². The minimum absolute atomic E-state index is 0.576. The van der Waals surface area contributed by atoms with Crippen LogP contribution in [-0.2, 0) is 0 Å². The molecule has 5 nitrogen and oxygen atoms in total. The zero-order chi connectivity index (χ0) is 12.8. The fourth-order valence-electron chi connectivity index (χ4n) is 1.17. The molecular formula is C8H3F4NO4. The van der Waals surface area contributed by atoms with Gasteiger partial charge >= 0.3 is 12.2 Å². The second-order valence-electron chi connectivity index (χ2n) is 3.13. The first-order valence-electron chi connectivity index (χ1n) is 4.15. The van der Waals surface area contributed by atoms with Gasteiger partial charge in [-0.25, -0.2) is 0 Å². The van der Waals surface area contributed by atoms with E-state index in [1.165, 1.54) is 0 Å². The predicted molar refractivity (Wildman–Crippen MR) is 44.2 cm³/mol. The van der Waals surface area contributed by atoms with E-state index in [0.717, 1.165) is 12.1 Å². The van der Waals surface area contributed by atoms with Crippen LogP contribution in [0.2, 0.25) is 0 Å². The van der Waals surface area contributed by atoms with E-state index in [0.29, 0.717) is 6.07 Å². The molecule has 0 spiro atoms. The van der Waals surface area contributed by atoms with E-state index in [1.807, 2.05) is 0 Å². The number of non-ortho nitro benzene ring substituents is 1. The summed E-state index contributed by atoms with van der Waals surface area (Å²) < 4.78 is 58.3. The normalized spacial score (nSPS) is 19.8. The standard InChI is InChI=1S/C8H3F4NO4/c9-7(10)8(11,12)17-6-3-4(13(14)15)1-2-5(6)16-7/h1-3H. The Hall–Kier alpha value is -2.06. The lowest BCUT2D eigenvalue weighted by Crippen LogP contribution is -2.52. The molecule has 1 heterocycles. The molecule has 2 rings (SSSR count). The summed E-state index contributed by atoms with van der Waals surface area (Å²) in [5, 5.41) is 10.3. The molecule has 0 radical (unpaired) electrons. The van der Waals surface area contributed by atoms with Crippen LogP contribution in [0.25, 0.3) is 0 Å². The Bertz CT molecular complexity index is 490. The third-order valence-electron chi connectivity index (χ3n) is 1.95. The quantitative estimate of drug-likeness (QED) is 0.438. The van der Waals surface area contributed by atoms with Crippen molar-refractivity contribution >= 4 is 5.69 Å². The van der Waals surface area contributed by atoms with Crippen LogP contribution in [0.1, 0.15) is 0 Å². The zero-order valence-corrected chi connectivity index (χ0v) is 7.82. The maximum absolute atomic E-state index is 12.7. The van der Waals surface area contributed by atoms with Gasteiger partial charge in [-0.3, -0.25) is 10.1 Å². The number of nitrogens with zero attached hydrogens (tertiary/aromatic N) is 1. The second-order valence-corrected chi connectivity index (χ2v) is 3.13. The Balaban J connectivity index is 2.47. The fourth-order valence-corrected chi connectivity index (χ4v) is 1.17. The number of nitro benzene ring substituents is 1. The molecule has 0 aromatic heterocycles. The molecule has 1 aromatic rings. The van der Waals surface area contributed by atoms with E-state index in [9.17, 15) is 27.7 Å². The van der Waals surface area contributed by atoms with Crippen molar-refractivity contribution in [2.75, 3.05) is 0 Å². The first kappa shape index (κ1) is 11.4. The van der Waals surface area contributed by atoms with Gasteiger partial charge in [0.15, 0.2) is 11.5 Å². The number of alkyl halides is 4. The number of hydrogen-bond donors (Lipinski definition) is 0. The van der Waals surface area contributed by atoms with Gasteiger partial charge in [-0.05, 0) is 6.07 Å². The van der Waals surface area contributed by atoms with E-state index >= 15 is 0 Å². The van der Waals surface area contributed by atoms with Crippen LogP contribution >= 0.6 is 0 Å². The Labute approximate surface area is 90.7 Å². The molecule has 0 bridgehead atoms. The second kappa shape index (κ2) is 3.22. The van der Waals surface area contributed by atoms with Gasteiger partial charge < -0.3 is 9.47 Å². The average Bonchev–Trinajstić information content (AvgIpc) is 2.17. The molecule has 17 heavy (non-hydrogen) atoms. The molecule has 0 unspecified atom stereocenters. The molecule has 0 atom stereocenters. The van der Waals surface area contributed by atoms with Gasteiger partial charge in [-0.15, -0.1) is 0 Å². The van der Waals surface area contributed by atoms with Crippen molar-refractivity contribution in [2.24, 2.45) is 0 Å². The lowest BCUT2D eigenvalue weighted by atomic mass is 10.2. The summed E-state index contributed by atoms with van der Waals surface area (Å²) in [4.78, 5) is 9.47. The molecule has 0 saturated heterocycles. The van der Waals surface area contributed by atoms with Gasteiger partial charge in [0.25, 0.3) is 5.69 Å². The number of rotatable bonds is 1. The van der Waals surface area contributed by atoms with Gasteiger partial charge in [-0.2, -0.15) is 17.6 Å². The van der Waals surface area contributed by atoms with Gasteiger partial charge in [-0.1, -0.05) is 0 Å². The summed E-state index contributed by atoms with van der Waals surface area (Å²) in [6.45, 7) is 0. The Morgan fingerprint density at radius 2 is 1.59 bits per heavy atom. The molecule has 0 amide bonds. The summed E-state index contributed by atoms with van der Waals surface area (Å²) >= 11 is 0. The van der Waals surface area contributed by atoms with E-state index in [4.69, 9.17) is 0 Å². The van der Waals surface area contributed by atoms with Gasteiger partial charge in [0.2, 0.25) is 0 Å². The van der Waals surface area contributed by atoms with Crippen LogP contribution in [0.4, 0.5) is 23.2 Å². The number of nitro groups is 1. The molecule has 1 aromatic carbocycles. The van der Waals surface area contributed by atoms with Crippen LogP contribution in [0.5, 0.6) is 11.5 Å². The number of ether oxygens (including phenoxy) is 2. The maximum atomic E-state index is 12.7. The molecule has 0 aliphatic carbocycles. The van der Waals surface area contributed by atoms with E-state index < -0.39 is 34.3 Å². The number of benzene rings is 1. The maximum Gasteiger partial charge on any atom is 0.507 e. The largest absolute Gasteiger partial charge is 0.507 e. The number of hydrogen-bond acceptors (Lipinski definition) is 4. The smallest absolute Gasteiger partial charge is 0.421 e. The lowest BCUT2D eigenvalue weighted by molar-refractivity contribution is -0.394. The number of fused-ring (bicyclic) bond motifs is 1. The summed E-state index contributed by atoms with van der Waals surface area (Å²) in [6, 6.07) is 2.18. The van der Waals surface area contributed by atoms with Crippen LogP contribution in [0.15, 0.2) is 18.2 Å². The van der Waals surface area contributed by atoms with Gasteiger partial charge in [0.05, 0.1) is 11.0 Å². The van der Waals surface area contributed by atoms with Gasteiger partial charge in [0.1, 0.15) is 0 Å². The Morgan fingerprint density at radius 1 is 1.06 bits per heavy atom. The van der Waals surface area contributed by atoms with Crippen molar-refractivity contribution in [3.63, 3.8) is 0 Å². The lowest BCUT2D eigenvalue weighted by Gasteiger charge is -2.31. The molecule has 9 heteroatoms. The minimum atomic E-state index is -4.88. The topological polar surface area (TPSA) is 61.6 Å². The van der Waals surface area contributed by atoms with Crippen molar-refractivity contribution in [1.29, 1.82) is 0 Å². The van der Waals surface area contributed by atoms with Crippen molar-refractivity contribution < 1.29 is 32.0 Å². The highest BCUT2D eigenvalue weighted by atomic mass is 19.3. The van der Waals surface area contributed by atoms with Crippen LogP contribution in [0, 0.1) is 10.1 Å². The van der Waals surface area contributed by atoms with Crippen molar-refractivity contribution in [3.05, 3.63) is 28.3 Å². The first-order chi connectivity index (χ1) is 7.73.